The summed E-state index contributed by atoms with van der Waals surface area (Å²) in [5, 5.41) is 6.94. The molecule has 0 aliphatic carbocycles. The molecule has 12 heteroatoms. The molecule has 0 aromatic carbocycles. The van der Waals surface area contributed by atoms with Crippen LogP contribution in [0.25, 0.3) is 0 Å². The van der Waals surface area contributed by atoms with E-state index in [9.17, 15) is 14.4 Å². The number of carbonyl (C=O) groups is 3. The maximum Gasteiger partial charge on any atom is 0.394 e. The Labute approximate surface area is 126 Å². The van der Waals surface area contributed by atoms with Gasteiger partial charge in [0.15, 0.2) is 0 Å². The minimum atomic E-state index is -0.814. The maximum absolute atomic E-state index is 11.2. The molecule has 0 aliphatic rings. The van der Waals surface area contributed by atoms with Crippen molar-refractivity contribution < 1.29 is 28.6 Å². The predicted octanol–water partition coefficient (Wildman–Crippen LogP) is -2.79. The van der Waals surface area contributed by atoms with Crippen LogP contribution in [0.5, 0.6) is 0 Å². The minimum Gasteiger partial charge on any atom is -0.450 e. The molecule has 0 unspecified atom stereocenters. The molecule has 0 bridgehead atoms. The molecule has 3 amide bonds. The molecule has 0 spiro atoms. The number of amides is 3. The Balaban J connectivity index is 4.76. The second-order valence-corrected chi connectivity index (χ2v) is 4.33. The number of rotatable bonds is 7. The highest BCUT2D eigenvalue weighted by Crippen LogP contribution is 2.24. The largest absolute Gasteiger partial charge is 0.450 e. The van der Waals surface area contributed by atoms with Crippen molar-refractivity contribution in [2.45, 2.75) is 13.3 Å². The van der Waals surface area contributed by atoms with Crippen LogP contribution >= 0.6 is 0 Å². The third-order valence-corrected chi connectivity index (χ3v) is 2.89. The van der Waals surface area contributed by atoms with Crippen molar-refractivity contribution in [2.75, 3.05) is 19.8 Å². The highest BCUT2D eigenvalue weighted by molar-refractivity contribution is 6.13. The van der Waals surface area contributed by atoms with Gasteiger partial charge < -0.3 is 29.9 Å². The van der Waals surface area contributed by atoms with E-state index >= 15 is 0 Å². The average Bonchev–Trinajstić information content (AvgIpc) is 2.53. The molecule has 3 N–H and O–H groups in total. The average molecular weight is 299 g/mol. The Bertz CT molecular complexity index is 320. The zero-order valence-corrected chi connectivity index (χ0v) is 12.8. The van der Waals surface area contributed by atoms with Gasteiger partial charge >= 0.3 is 18.3 Å². The smallest absolute Gasteiger partial charge is 0.394 e. The van der Waals surface area contributed by atoms with E-state index in [4.69, 9.17) is 14.2 Å². The summed E-state index contributed by atoms with van der Waals surface area (Å²) >= 11 is 0. The molecule has 0 aromatic heterocycles. The lowest BCUT2D eigenvalue weighted by atomic mass is 9.88. The fraction of sp³-hybridized carbons (Fsp3) is 0.667. The third-order valence-electron chi connectivity index (χ3n) is 2.89. The molecule has 0 aliphatic heterocycles. The Morgan fingerprint density at radius 2 is 1.10 bits per heavy atom. The van der Waals surface area contributed by atoms with Gasteiger partial charge in [0, 0.05) is 0 Å². The zero-order chi connectivity index (χ0) is 16.3. The van der Waals surface area contributed by atoms with E-state index in [1.54, 1.807) is 0 Å². The second-order valence-electron chi connectivity index (χ2n) is 4.33. The Morgan fingerprint density at radius 3 is 1.29 bits per heavy atom. The van der Waals surface area contributed by atoms with Gasteiger partial charge in [-0.3, -0.25) is 0 Å². The van der Waals surface area contributed by atoms with E-state index in [1.807, 2.05) is 6.92 Å². The quantitative estimate of drug-likeness (QED) is 0.346. The lowest BCUT2D eigenvalue weighted by Gasteiger charge is -2.30. The van der Waals surface area contributed by atoms with Gasteiger partial charge in [0.1, 0.15) is 19.8 Å². The first-order chi connectivity index (χ1) is 9.92. The van der Waals surface area contributed by atoms with Crippen LogP contribution in [0, 0.1) is 5.41 Å². The van der Waals surface area contributed by atoms with Gasteiger partial charge in [-0.05, 0) is 6.42 Å². The topological polar surface area (TPSA) is 115 Å². The van der Waals surface area contributed by atoms with Crippen LogP contribution in [0.15, 0.2) is 0 Å². The molecule has 0 radical (unpaired) electrons. The molecule has 0 heterocycles. The van der Waals surface area contributed by atoms with E-state index < -0.39 is 23.7 Å². The number of carbonyl (C=O) groups excluding carboxylic acids is 3. The van der Waals surface area contributed by atoms with Crippen LogP contribution in [0.1, 0.15) is 13.3 Å². The first kappa shape index (κ1) is 19.0. The summed E-state index contributed by atoms with van der Waals surface area (Å²) < 4.78 is 15.0. The summed E-state index contributed by atoms with van der Waals surface area (Å²) in [5.41, 5.74) is -0.814. The van der Waals surface area contributed by atoms with Crippen molar-refractivity contribution in [3.05, 3.63) is 0 Å². The number of ether oxygens (including phenoxy) is 3. The summed E-state index contributed by atoms with van der Waals surface area (Å²) in [4.78, 5) is 33.6. The molecule has 0 aromatic rings. The Kier molecular flexibility index (Phi) is 8.90. The summed E-state index contributed by atoms with van der Waals surface area (Å²) in [6.07, 6.45) is -1.38. The SMILES string of the molecule is BNC(=O)OCC(CC)(COC(=O)NB)COC(=O)NB. The highest BCUT2D eigenvalue weighted by atomic mass is 16.6. The van der Waals surface area contributed by atoms with Crippen LogP contribution in [0.2, 0.25) is 0 Å². The maximum atomic E-state index is 11.2. The minimum absolute atomic E-state index is 0.0584. The monoisotopic (exact) mass is 299 g/mol. The van der Waals surface area contributed by atoms with Crippen molar-refractivity contribution in [3.8, 4) is 0 Å². The molecule has 0 fully saturated rings. The van der Waals surface area contributed by atoms with E-state index in [1.165, 1.54) is 23.9 Å². The van der Waals surface area contributed by atoms with E-state index in [2.05, 4.69) is 15.7 Å². The molecule has 0 saturated heterocycles. The lowest BCUT2D eigenvalue weighted by molar-refractivity contribution is -0.0148. The Hall–Kier alpha value is -2.00. The third kappa shape index (κ3) is 7.38. The van der Waals surface area contributed by atoms with Crippen molar-refractivity contribution in [1.82, 2.24) is 15.7 Å². The molecule has 9 nitrogen and oxygen atoms in total. The normalized spacial score (nSPS) is 10.1. The molecule has 0 rings (SSSR count). The van der Waals surface area contributed by atoms with Gasteiger partial charge in [-0.15, -0.1) is 0 Å². The second kappa shape index (κ2) is 9.84. The lowest BCUT2D eigenvalue weighted by Crippen LogP contribution is -2.42. The van der Waals surface area contributed by atoms with E-state index in [-0.39, 0.29) is 19.8 Å². The standard InChI is InChI=1S/C9H20B3N3O6/c1-2-9(3-19-6(16)13-10,4-20-7(17)14-11)5-21-8(18)15-12/h2-5,10-12H2,1H3,(H,13,16)(H,14,17)(H,15,18). The molecule has 0 atom stereocenters. The van der Waals surface area contributed by atoms with Gasteiger partial charge in [-0.25, -0.2) is 14.4 Å². The fourth-order valence-corrected chi connectivity index (χ4v) is 1.30. The molecular formula is C9H20B3N3O6. The zero-order valence-electron chi connectivity index (χ0n) is 12.8. The van der Waals surface area contributed by atoms with Crippen LogP contribution in [0.3, 0.4) is 0 Å². The molecule has 21 heavy (non-hydrogen) atoms. The molecule has 0 saturated carbocycles. The number of nitrogens with one attached hydrogen (secondary N) is 3. The predicted molar refractivity (Wildman–Crippen MR) is 81.8 cm³/mol. The van der Waals surface area contributed by atoms with Crippen LogP contribution in [0.4, 0.5) is 14.4 Å². The van der Waals surface area contributed by atoms with E-state index in [0.29, 0.717) is 6.42 Å². The summed E-state index contributed by atoms with van der Waals surface area (Å²) in [7, 11) is 4.29. The van der Waals surface area contributed by atoms with Crippen molar-refractivity contribution >= 4 is 42.2 Å². The summed E-state index contributed by atoms with van der Waals surface area (Å²) in [6, 6.07) is 0. The fourth-order valence-electron chi connectivity index (χ4n) is 1.30. The summed E-state index contributed by atoms with van der Waals surface area (Å²) in [6.45, 7) is 1.64. The van der Waals surface area contributed by atoms with Crippen LogP contribution < -0.4 is 15.7 Å². The van der Waals surface area contributed by atoms with Crippen molar-refractivity contribution in [2.24, 2.45) is 5.41 Å². The van der Waals surface area contributed by atoms with Gasteiger partial charge in [-0.1, -0.05) is 6.92 Å². The van der Waals surface area contributed by atoms with Gasteiger partial charge in [0.05, 0.1) is 5.41 Å². The Morgan fingerprint density at radius 1 is 0.810 bits per heavy atom. The first-order valence-electron chi connectivity index (χ1n) is 6.46. The summed E-state index contributed by atoms with van der Waals surface area (Å²) in [5.74, 6) is 0. The van der Waals surface area contributed by atoms with E-state index in [0.717, 1.165) is 0 Å². The van der Waals surface area contributed by atoms with Gasteiger partial charge in [0.25, 0.3) is 0 Å². The van der Waals surface area contributed by atoms with Crippen LogP contribution in [-0.4, -0.2) is 62.0 Å². The van der Waals surface area contributed by atoms with Crippen molar-refractivity contribution in [3.63, 3.8) is 0 Å². The van der Waals surface area contributed by atoms with Crippen molar-refractivity contribution in [1.29, 1.82) is 0 Å². The molecule has 116 valence electrons. The van der Waals surface area contributed by atoms with Gasteiger partial charge in [-0.2, -0.15) is 0 Å². The van der Waals surface area contributed by atoms with Crippen LogP contribution in [-0.2, 0) is 14.2 Å². The highest BCUT2D eigenvalue weighted by Gasteiger charge is 2.34. The number of hydrogen-bond acceptors (Lipinski definition) is 6. The molecular weight excluding hydrogens is 279 g/mol. The van der Waals surface area contributed by atoms with Gasteiger partial charge in [0.2, 0.25) is 23.9 Å². The number of hydrogen-bond donors (Lipinski definition) is 3. The first-order valence-corrected chi connectivity index (χ1v) is 6.46.